The van der Waals surface area contributed by atoms with E-state index < -0.39 is 0 Å². The summed E-state index contributed by atoms with van der Waals surface area (Å²) in [5.74, 6) is 1.31. The fourth-order valence-corrected chi connectivity index (χ4v) is 4.79. The van der Waals surface area contributed by atoms with Crippen molar-refractivity contribution in [3.05, 3.63) is 83.6 Å². The number of aromatic nitrogens is 1. The van der Waals surface area contributed by atoms with Gasteiger partial charge in [-0.15, -0.1) is 23.1 Å². The minimum Gasteiger partial charge on any atom is -0.468 e. The van der Waals surface area contributed by atoms with Crippen LogP contribution in [0.15, 0.2) is 81.6 Å². The number of carbonyl (C=O) groups excluding carboxylic acids is 2. The number of amides is 2. The third-order valence-corrected chi connectivity index (χ3v) is 6.60. The van der Waals surface area contributed by atoms with Crippen LogP contribution < -0.4 is 10.6 Å². The van der Waals surface area contributed by atoms with Crippen LogP contribution in [0.25, 0.3) is 11.3 Å². The summed E-state index contributed by atoms with van der Waals surface area (Å²) in [6, 6.07) is 18.8. The van der Waals surface area contributed by atoms with Gasteiger partial charge in [0.1, 0.15) is 5.76 Å². The van der Waals surface area contributed by atoms with Crippen LogP contribution in [0.2, 0.25) is 0 Å². The fourth-order valence-electron chi connectivity index (χ4n) is 3.13. The first-order valence-corrected chi connectivity index (χ1v) is 12.4. The van der Waals surface area contributed by atoms with E-state index >= 15 is 0 Å². The van der Waals surface area contributed by atoms with Crippen LogP contribution in [0.3, 0.4) is 0 Å². The SMILES string of the molecule is CCCC(=O)Nc1ccc(-c2csc(NC(=O)c3ccccc3SCc3ccco3)n2)cc1. The Labute approximate surface area is 200 Å². The van der Waals surface area contributed by atoms with Crippen molar-refractivity contribution in [2.45, 2.75) is 30.4 Å². The predicted molar refractivity (Wildman–Crippen MR) is 134 cm³/mol. The summed E-state index contributed by atoms with van der Waals surface area (Å²) in [5, 5.41) is 8.21. The molecule has 2 heterocycles. The standard InChI is InChI=1S/C25H23N3O3S2/c1-2-6-23(29)26-18-12-10-17(11-13-18)21-16-33-25(27-21)28-24(30)20-8-3-4-9-22(20)32-15-19-7-5-14-31-19/h3-5,7-14,16H,2,6,15H2,1H3,(H,26,29)(H,27,28,30). The summed E-state index contributed by atoms with van der Waals surface area (Å²) in [6.45, 7) is 1.97. The molecule has 4 aromatic rings. The maximum absolute atomic E-state index is 12.9. The smallest absolute Gasteiger partial charge is 0.258 e. The monoisotopic (exact) mass is 477 g/mol. The lowest BCUT2D eigenvalue weighted by Crippen LogP contribution is -2.12. The lowest BCUT2D eigenvalue weighted by molar-refractivity contribution is -0.116. The molecule has 168 valence electrons. The number of nitrogens with one attached hydrogen (secondary N) is 2. The molecule has 8 heteroatoms. The Kier molecular flexibility index (Phi) is 7.59. The van der Waals surface area contributed by atoms with Gasteiger partial charge in [-0.2, -0.15) is 0 Å². The second-order valence-corrected chi connectivity index (χ2v) is 9.11. The highest BCUT2D eigenvalue weighted by Gasteiger charge is 2.14. The molecule has 0 aliphatic carbocycles. The number of benzene rings is 2. The number of nitrogens with zero attached hydrogens (tertiary/aromatic N) is 1. The van der Waals surface area contributed by atoms with Crippen LogP contribution >= 0.6 is 23.1 Å². The van der Waals surface area contributed by atoms with Gasteiger partial charge in [0.2, 0.25) is 5.91 Å². The van der Waals surface area contributed by atoms with Crippen molar-refractivity contribution in [3.8, 4) is 11.3 Å². The quantitative estimate of drug-likeness (QED) is 0.263. The molecule has 0 unspecified atom stereocenters. The zero-order valence-electron chi connectivity index (χ0n) is 18.0. The highest BCUT2D eigenvalue weighted by Crippen LogP contribution is 2.29. The third-order valence-electron chi connectivity index (χ3n) is 4.75. The number of hydrogen-bond donors (Lipinski definition) is 2. The highest BCUT2D eigenvalue weighted by atomic mass is 32.2. The second-order valence-electron chi connectivity index (χ2n) is 7.23. The van der Waals surface area contributed by atoms with Gasteiger partial charge in [0.25, 0.3) is 5.91 Å². The molecule has 0 aliphatic heterocycles. The molecule has 0 spiro atoms. The van der Waals surface area contributed by atoms with E-state index in [0.717, 1.165) is 34.0 Å². The van der Waals surface area contributed by atoms with Crippen molar-refractivity contribution in [3.63, 3.8) is 0 Å². The van der Waals surface area contributed by atoms with E-state index in [-0.39, 0.29) is 11.8 Å². The van der Waals surface area contributed by atoms with Crippen LogP contribution in [-0.4, -0.2) is 16.8 Å². The van der Waals surface area contributed by atoms with Gasteiger partial charge in [0.05, 0.1) is 23.3 Å². The predicted octanol–water partition coefficient (Wildman–Crippen LogP) is 6.69. The van der Waals surface area contributed by atoms with Crippen molar-refractivity contribution in [2.24, 2.45) is 0 Å². The molecule has 4 rings (SSSR count). The minimum absolute atomic E-state index is 0.00603. The largest absolute Gasteiger partial charge is 0.468 e. The summed E-state index contributed by atoms with van der Waals surface area (Å²) in [7, 11) is 0. The van der Waals surface area contributed by atoms with E-state index in [1.807, 2.05) is 66.9 Å². The Hall–Kier alpha value is -3.36. The zero-order chi connectivity index (χ0) is 23.0. The van der Waals surface area contributed by atoms with Crippen molar-refractivity contribution in [1.29, 1.82) is 0 Å². The summed E-state index contributed by atoms with van der Waals surface area (Å²) >= 11 is 2.92. The van der Waals surface area contributed by atoms with Gasteiger partial charge in [-0.25, -0.2) is 4.98 Å². The molecule has 6 nitrogen and oxygen atoms in total. The van der Waals surface area contributed by atoms with E-state index in [1.165, 1.54) is 11.3 Å². The van der Waals surface area contributed by atoms with E-state index in [0.29, 0.717) is 22.9 Å². The molecule has 0 radical (unpaired) electrons. The molecule has 0 bridgehead atoms. The highest BCUT2D eigenvalue weighted by molar-refractivity contribution is 7.98. The molecular weight excluding hydrogens is 454 g/mol. The van der Waals surface area contributed by atoms with Crippen LogP contribution in [0.5, 0.6) is 0 Å². The number of furan rings is 1. The number of anilines is 2. The number of carbonyl (C=O) groups is 2. The van der Waals surface area contributed by atoms with E-state index in [4.69, 9.17) is 4.42 Å². The number of hydrogen-bond acceptors (Lipinski definition) is 6. The van der Waals surface area contributed by atoms with Crippen molar-refractivity contribution >= 4 is 45.7 Å². The van der Waals surface area contributed by atoms with Gasteiger partial charge in [-0.3, -0.25) is 14.9 Å². The second kappa shape index (κ2) is 11.0. The fraction of sp³-hybridized carbons (Fsp3) is 0.160. The van der Waals surface area contributed by atoms with Gasteiger partial charge in [0, 0.05) is 27.9 Å². The molecule has 2 aromatic heterocycles. The van der Waals surface area contributed by atoms with E-state index in [2.05, 4.69) is 15.6 Å². The maximum Gasteiger partial charge on any atom is 0.258 e. The molecule has 2 amide bonds. The van der Waals surface area contributed by atoms with Gasteiger partial charge < -0.3 is 9.73 Å². The van der Waals surface area contributed by atoms with E-state index in [9.17, 15) is 9.59 Å². The lowest BCUT2D eigenvalue weighted by Gasteiger charge is -2.08. The van der Waals surface area contributed by atoms with Crippen LogP contribution in [-0.2, 0) is 10.5 Å². The van der Waals surface area contributed by atoms with Gasteiger partial charge in [-0.05, 0) is 42.8 Å². The van der Waals surface area contributed by atoms with Crippen LogP contribution in [0.4, 0.5) is 10.8 Å². The van der Waals surface area contributed by atoms with Gasteiger partial charge >= 0.3 is 0 Å². The molecular formula is C25H23N3O3S2. The topological polar surface area (TPSA) is 84.2 Å². The lowest BCUT2D eigenvalue weighted by atomic mass is 10.1. The molecule has 33 heavy (non-hydrogen) atoms. The molecule has 0 atom stereocenters. The molecule has 0 fully saturated rings. The van der Waals surface area contributed by atoms with Crippen molar-refractivity contribution in [1.82, 2.24) is 4.98 Å². The molecule has 2 aromatic carbocycles. The Morgan fingerprint density at radius 3 is 2.61 bits per heavy atom. The summed E-state index contributed by atoms with van der Waals surface area (Å²) in [6.07, 6.45) is 2.95. The normalized spacial score (nSPS) is 10.7. The molecule has 0 saturated heterocycles. The van der Waals surface area contributed by atoms with Crippen LogP contribution in [0.1, 0.15) is 35.9 Å². The Morgan fingerprint density at radius 2 is 1.85 bits per heavy atom. The minimum atomic E-state index is -0.201. The van der Waals surface area contributed by atoms with Crippen molar-refractivity contribution in [2.75, 3.05) is 10.6 Å². The first-order chi connectivity index (χ1) is 16.1. The zero-order valence-corrected chi connectivity index (χ0v) is 19.7. The van der Waals surface area contributed by atoms with Gasteiger partial charge in [-0.1, -0.05) is 31.2 Å². The first-order valence-electron chi connectivity index (χ1n) is 10.5. The van der Waals surface area contributed by atoms with E-state index in [1.54, 1.807) is 24.1 Å². The first kappa shape index (κ1) is 22.8. The number of thioether (sulfide) groups is 1. The average molecular weight is 478 g/mol. The Balaban J connectivity index is 1.40. The average Bonchev–Trinajstić information content (AvgIpc) is 3.51. The van der Waals surface area contributed by atoms with Crippen molar-refractivity contribution < 1.29 is 14.0 Å². The molecule has 2 N–H and O–H groups in total. The Bertz CT molecular complexity index is 1220. The molecule has 0 saturated carbocycles. The van der Waals surface area contributed by atoms with Gasteiger partial charge in [0.15, 0.2) is 5.13 Å². The summed E-state index contributed by atoms with van der Waals surface area (Å²) in [4.78, 5) is 30.1. The number of rotatable bonds is 9. The third kappa shape index (κ3) is 6.12. The number of thiazole rings is 1. The molecule has 0 aliphatic rings. The Morgan fingerprint density at radius 1 is 1.03 bits per heavy atom. The summed E-state index contributed by atoms with van der Waals surface area (Å²) in [5.41, 5.74) is 3.03. The maximum atomic E-state index is 12.9. The van der Waals surface area contributed by atoms with Crippen LogP contribution in [0, 0.1) is 0 Å². The summed E-state index contributed by atoms with van der Waals surface area (Å²) < 4.78 is 5.38.